The van der Waals surface area contributed by atoms with Crippen LogP contribution in [0.1, 0.15) is 56.9 Å². The van der Waals surface area contributed by atoms with Crippen LogP contribution in [0.2, 0.25) is 5.02 Å². The summed E-state index contributed by atoms with van der Waals surface area (Å²) in [6.45, 7) is 1.05. The van der Waals surface area contributed by atoms with Gasteiger partial charge in [0, 0.05) is 43.1 Å². The highest BCUT2D eigenvalue weighted by Gasteiger charge is 2.37. The third kappa shape index (κ3) is 8.66. The van der Waals surface area contributed by atoms with Gasteiger partial charge >= 0.3 is 12.8 Å². The monoisotopic (exact) mass is 645 g/mol. The maximum absolute atomic E-state index is 13.3. The summed E-state index contributed by atoms with van der Waals surface area (Å²) >= 11 is 6.51. The van der Waals surface area contributed by atoms with E-state index >= 15 is 0 Å². The Morgan fingerprint density at radius 1 is 1.29 bits per heavy atom. The van der Waals surface area contributed by atoms with Crippen LogP contribution in [0.25, 0.3) is 11.3 Å². The Hall–Kier alpha value is -2.72. The van der Waals surface area contributed by atoms with Crippen molar-refractivity contribution in [1.29, 1.82) is 0 Å². The number of alkyl halides is 5. The topological polar surface area (TPSA) is 135 Å². The lowest BCUT2D eigenvalue weighted by Gasteiger charge is -2.32. The molecular weight excluding hydrogens is 613 g/mol. The van der Waals surface area contributed by atoms with E-state index in [0.717, 1.165) is 18.5 Å². The molecule has 0 radical (unpaired) electrons. The number of sulfone groups is 1. The Labute approximate surface area is 244 Å². The minimum atomic E-state index is -4.50. The average Bonchev–Trinajstić information content (AvgIpc) is 3.16. The van der Waals surface area contributed by atoms with Gasteiger partial charge in [-0.05, 0) is 40.0 Å². The summed E-state index contributed by atoms with van der Waals surface area (Å²) in [7, 11) is -3.31. The highest BCUT2D eigenvalue weighted by molar-refractivity contribution is 7.91. The lowest BCUT2D eigenvalue weighted by Crippen LogP contribution is -2.41. The molecule has 1 amide bonds. The number of amides is 1. The summed E-state index contributed by atoms with van der Waals surface area (Å²) < 4.78 is 95.1. The van der Waals surface area contributed by atoms with Crippen molar-refractivity contribution in [2.75, 3.05) is 18.1 Å². The molecule has 3 atom stereocenters. The maximum Gasteiger partial charge on any atom is 0.391 e. The second-order valence-electron chi connectivity index (χ2n) is 10.9. The van der Waals surface area contributed by atoms with Gasteiger partial charge in [-0.2, -0.15) is 27.1 Å². The predicted octanol–water partition coefficient (Wildman–Crippen LogP) is 4.67. The molecule has 3 rings (SSSR count). The summed E-state index contributed by atoms with van der Waals surface area (Å²) in [6.07, 6.45) is -3.73. The van der Waals surface area contributed by atoms with Crippen LogP contribution in [0.4, 0.5) is 27.8 Å². The van der Waals surface area contributed by atoms with Gasteiger partial charge in [0.25, 0.3) is 5.91 Å². The summed E-state index contributed by atoms with van der Waals surface area (Å²) in [6, 6.07) is 1.01. The van der Waals surface area contributed by atoms with Crippen molar-refractivity contribution in [2.24, 2.45) is 5.92 Å². The van der Waals surface area contributed by atoms with Crippen LogP contribution in [0, 0.1) is 5.92 Å². The van der Waals surface area contributed by atoms with Crippen molar-refractivity contribution >= 4 is 33.2 Å². The molecule has 2 aromatic heterocycles. The fourth-order valence-electron chi connectivity index (χ4n) is 4.95. The third-order valence-electron chi connectivity index (χ3n) is 6.89. The first-order valence-electron chi connectivity index (χ1n) is 13.0. The minimum Gasteiger partial charge on any atom is -0.434 e. The highest BCUT2D eigenvalue weighted by Crippen LogP contribution is 2.39. The van der Waals surface area contributed by atoms with Crippen LogP contribution >= 0.6 is 11.6 Å². The van der Waals surface area contributed by atoms with Gasteiger partial charge in [0.2, 0.25) is 0 Å². The zero-order valence-electron chi connectivity index (χ0n) is 23.3. The van der Waals surface area contributed by atoms with Crippen LogP contribution in [0.15, 0.2) is 12.3 Å². The molecule has 10 nitrogen and oxygen atoms in total. The van der Waals surface area contributed by atoms with E-state index in [1.807, 2.05) is 0 Å². The summed E-state index contributed by atoms with van der Waals surface area (Å²) in [4.78, 5) is 17.1. The van der Waals surface area contributed by atoms with Gasteiger partial charge in [0.05, 0.1) is 34.1 Å². The Bertz CT molecular complexity index is 1390. The SMILES string of the molecule is CCn1nc(C(=O)NC[C@H]2CC[C@H](S(C)(=O)=O)C[C@@H]2O)c(Cl)c1-c1cnc(NC(C)(C)CC(F)(F)F)cc1OC(F)F. The van der Waals surface area contributed by atoms with Crippen LogP contribution < -0.4 is 15.4 Å². The molecule has 1 aliphatic carbocycles. The lowest BCUT2D eigenvalue weighted by molar-refractivity contribution is -0.142. The first kappa shape index (κ1) is 33.8. The fraction of sp³-hybridized carbons (Fsp3) is 0.640. The number of anilines is 1. The average molecular weight is 646 g/mol. The smallest absolute Gasteiger partial charge is 0.391 e. The van der Waals surface area contributed by atoms with E-state index in [-0.39, 0.29) is 47.3 Å². The molecule has 236 valence electrons. The summed E-state index contributed by atoms with van der Waals surface area (Å²) in [5, 5.41) is 18.9. The Morgan fingerprint density at radius 3 is 2.50 bits per heavy atom. The molecule has 0 spiro atoms. The third-order valence-corrected chi connectivity index (χ3v) is 8.89. The van der Waals surface area contributed by atoms with Crippen LogP contribution in [0.5, 0.6) is 5.75 Å². The lowest BCUT2D eigenvalue weighted by atomic mass is 9.86. The molecule has 0 unspecified atom stereocenters. The number of nitrogens with zero attached hydrogens (tertiary/aromatic N) is 3. The van der Waals surface area contributed by atoms with E-state index in [1.54, 1.807) is 6.92 Å². The van der Waals surface area contributed by atoms with Gasteiger partial charge in [-0.1, -0.05) is 11.6 Å². The predicted molar refractivity (Wildman–Crippen MR) is 145 cm³/mol. The molecule has 0 saturated heterocycles. The number of hydrogen-bond donors (Lipinski definition) is 3. The van der Waals surface area contributed by atoms with E-state index in [2.05, 4.69) is 25.5 Å². The van der Waals surface area contributed by atoms with E-state index < -0.39 is 63.5 Å². The number of aliphatic hydroxyl groups excluding tert-OH is 1. The Balaban J connectivity index is 1.86. The molecule has 17 heteroatoms. The van der Waals surface area contributed by atoms with Crippen LogP contribution in [-0.2, 0) is 16.4 Å². The standard InChI is InChI=1S/C25H33ClF5N5O5S/c1-5-36-21(15-11-32-18(9-17(15)41-23(27)28)34-24(2,3)12-25(29,30)31)19(26)20(35-36)22(38)33-10-13-6-7-14(8-16(13)37)42(4,39)40/h9,11,13-14,16,23,37H,5-8,10,12H2,1-4H3,(H,32,34)(H,33,38)/t13-,14+,16+/m1/s1. The second kappa shape index (κ2) is 12.9. The number of aliphatic hydroxyl groups is 1. The van der Waals surface area contributed by atoms with E-state index in [4.69, 9.17) is 11.6 Å². The number of carbonyl (C=O) groups excluding carboxylic acids is 1. The molecule has 42 heavy (non-hydrogen) atoms. The van der Waals surface area contributed by atoms with Crippen molar-refractivity contribution in [3.63, 3.8) is 0 Å². The molecule has 1 saturated carbocycles. The number of ether oxygens (including phenoxy) is 1. The van der Waals surface area contributed by atoms with Gasteiger partial charge in [-0.15, -0.1) is 0 Å². The molecule has 0 aromatic carbocycles. The Morgan fingerprint density at radius 2 is 1.95 bits per heavy atom. The molecule has 0 aliphatic heterocycles. The number of pyridine rings is 1. The summed E-state index contributed by atoms with van der Waals surface area (Å²) in [5.41, 5.74) is -1.84. The molecule has 2 heterocycles. The van der Waals surface area contributed by atoms with Gasteiger partial charge in [-0.25, -0.2) is 13.4 Å². The first-order chi connectivity index (χ1) is 19.3. The fourth-order valence-corrected chi connectivity index (χ4v) is 6.38. The van der Waals surface area contributed by atoms with E-state index in [9.17, 15) is 40.3 Å². The maximum atomic E-state index is 13.3. The van der Waals surface area contributed by atoms with Gasteiger partial charge in [-0.3, -0.25) is 9.48 Å². The number of rotatable bonds is 11. The molecule has 1 fully saturated rings. The quantitative estimate of drug-likeness (QED) is 0.300. The number of carbonyl (C=O) groups is 1. The van der Waals surface area contributed by atoms with Crippen molar-refractivity contribution < 1.29 is 45.0 Å². The van der Waals surface area contributed by atoms with E-state index in [1.165, 1.54) is 18.5 Å². The van der Waals surface area contributed by atoms with E-state index in [0.29, 0.717) is 12.8 Å². The molecule has 2 aromatic rings. The molecule has 0 bridgehead atoms. The normalized spacial score (nSPS) is 20.0. The molecular formula is C25H33ClF5N5O5S. The minimum absolute atomic E-state index is 0.0104. The van der Waals surface area contributed by atoms with Gasteiger partial charge in [0.1, 0.15) is 21.4 Å². The van der Waals surface area contributed by atoms with Gasteiger partial charge < -0.3 is 20.5 Å². The van der Waals surface area contributed by atoms with Crippen LogP contribution in [0.3, 0.4) is 0 Å². The van der Waals surface area contributed by atoms with Crippen molar-refractivity contribution in [3.8, 4) is 17.0 Å². The number of aryl methyl sites for hydroxylation is 1. The van der Waals surface area contributed by atoms with Crippen molar-refractivity contribution in [3.05, 3.63) is 23.0 Å². The second-order valence-corrected chi connectivity index (χ2v) is 13.6. The largest absolute Gasteiger partial charge is 0.434 e. The number of hydrogen-bond acceptors (Lipinski definition) is 8. The zero-order chi connectivity index (χ0) is 31.6. The van der Waals surface area contributed by atoms with Crippen molar-refractivity contribution in [1.82, 2.24) is 20.1 Å². The first-order valence-corrected chi connectivity index (χ1v) is 15.4. The number of halogens is 6. The highest BCUT2D eigenvalue weighted by atomic mass is 35.5. The molecule has 1 aliphatic rings. The Kier molecular flexibility index (Phi) is 10.4. The zero-order valence-corrected chi connectivity index (χ0v) is 24.9. The van der Waals surface area contributed by atoms with Crippen molar-refractivity contribution in [2.45, 2.75) is 82.7 Å². The summed E-state index contributed by atoms with van der Waals surface area (Å²) in [5.74, 6) is -1.75. The van der Waals surface area contributed by atoms with Crippen LogP contribution in [-0.4, -0.2) is 76.7 Å². The number of nitrogens with one attached hydrogen (secondary N) is 2. The molecule has 3 N–H and O–H groups in total. The number of aromatic nitrogens is 3. The van der Waals surface area contributed by atoms with Gasteiger partial charge in [0.15, 0.2) is 5.69 Å².